The van der Waals surface area contributed by atoms with E-state index in [9.17, 15) is 4.79 Å². The molecule has 2 aromatic rings. The summed E-state index contributed by atoms with van der Waals surface area (Å²) in [6.45, 7) is 2.89. The van der Waals surface area contributed by atoms with Crippen LogP contribution in [0.1, 0.15) is 29.8 Å². The van der Waals surface area contributed by atoms with Crippen molar-refractivity contribution in [3.63, 3.8) is 0 Å². The van der Waals surface area contributed by atoms with Crippen LogP contribution < -0.4 is 10.6 Å². The van der Waals surface area contributed by atoms with E-state index in [1.54, 1.807) is 5.38 Å². The number of carbonyl (C=O) groups excluding carboxylic acids is 1. The number of nitrogens with one attached hydrogen (secondary N) is 2. The van der Waals surface area contributed by atoms with E-state index in [0.717, 1.165) is 30.1 Å². The summed E-state index contributed by atoms with van der Waals surface area (Å²) in [7, 11) is 0. The maximum atomic E-state index is 12.2. The Balaban J connectivity index is 1.52. The van der Waals surface area contributed by atoms with E-state index in [2.05, 4.69) is 15.6 Å². The molecule has 0 aliphatic carbocycles. The summed E-state index contributed by atoms with van der Waals surface area (Å²) in [5, 5.41) is 9.71. The van der Waals surface area contributed by atoms with Crippen molar-refractivity contribution < 1.29 is 4.79 Å². The zero-order valence-electron chi connectivity index (χ0n) is 12.8. The number of amides is 1. The summed E-state index contributed by atoms with van der Waals surface area (Å²) in [5.41, 5.74) is 1.47. The molecule has 1 aromatic carbocycles. The minimum absolute atomic E-state index is 0.0924. The molecule has 2 heterocycles. The third-order valence-electron chi connectivity index (χ3n) is 4.07. The molecule has 1 aliphatic rings. The van der Waals surface area contributed by atoms with Gasteiger partial charge in [0.05, 0.1) is 0 Å². The van der Waals surface area contributed by atoms with E-state index < -0.39 is 0 Å². The SMILES string of the molecule is O=C(NCCC1CCCNC1)c1csc(-c2ccc(Cl)cc2)n1. The van der Waals surface area contributed by atoms with Crippen molar-refractivity contribution in [3.05, 3.63) is 40.4 Å². The van der Waals surface area contributed by atoms with Gasteiger partial charge >= 0.3 is 0 Å². The second kappa shape index (κ2) is 7.90. The Hall–Kier alpha value is -1.43. The first-order valence-corrected chi connectivity index (χ1v) is 9.18. The Morgan fingerprint density at radius 3 is 2.96 bits per heavy atom. The Morgan fingerprint density at radius 2 is 2.22 bits per heavy atom. The highest BCUT2D eigenvalue weighted by molar-refractivity contribution is 7.13. The predicted octanol–water partition coefficient (Wildman–Crippen LogP) is 3.58. The van der Waals surface area contributed by atoms with Crippen LogP contribution >= 0.6 is 22.9 Å². The number of halogens is 1. The third-order valence-corrected chi connectivity index (χ3v) is 5.21. The number of hydrogen-bond acceptors (Lipinski definition) is 4. The Bertz CT molecular complexity index is 650. The van der Waals surface area contributed by atoms with Crippen LogP contribution in [0, 0.1) is 5.92 Å². The number of nitrogens with zero attached hydrogens (tertiary/aromatic N) is 1. The minimum atomic E-state index is -0.0924. The zero-order valence-corrected chi connectivity index (χ0v) is 14.4. The molecule has 1 atom stereocenters. The molecule has 0 bridgehead atoms. The normalized spacial score (nSPS) is 17.9. The van der Waals surface area contributed by atoms with Gasteiger partial charge in [0.25, 0.3) is 5.91 Å². The Morgan fingerprint density at radius 1 is 1.39 bits per heavy atom. The largest absolute Gasteiger partial charge is 0.351 e. The van der Waals surface area contributed by atoms with Crippen molar-refractivity contribution in [3.8, 4) is 10.6 Å². The minimum Gasteiger partial charge on any atom is -0.351 e. The summed E-state index contributed by atoms with van der Waals surface area (Å²) >= 11 is 7.36. The molecule has 122 valence electrons. The molecule has 1 aliphatic heterocycles. The fraction of sp³-hybridized carbons (Fsp3) is 0.412. The van der Waals surface area contributed by atoms with Gasteiger partial charge in [-0.3, -0.25) is 4.79 Å². The van der Waals surface area contributed by atoms with Crippen molar-refractivity contribution in [2.24, 2.45) is 5.92 Å². The van der Waals surface area contributed by atoms with E-state index in [0.29, 0.717) is 23.2 Å². The van der Waals surface area contributed by atoms with Crippen LogP contribution in [-0.4, -0.2) is 30.5 Å². The van der Waals surface area contributed by atoms with Gasteiger partial charge in [-0.05, 0) is 50.4 Å². The van der Waals surface area contributed by atoms with Crippen molar-refractivity contribution in [1.29, 1.82) is 0 Å². The van der Waals surface area contributed by atoms with Crippen molar-refractivity contribution >= 4 is 28.8 Å². The first kappa shape index (κ1) is 16.4. The van der Waals surface area contributed by atoms with Gasteiger partial charge < -0.3 is 10.6 Å². The molecule has 1 fully saturated rings. The average molecular weight is 350 g/mol. The number of benzene rings is 1. The zero-order chi connectivity index (χ0) is 16.1. The lowest BCUT2D eigenvalue weighted by atomic mass is 9.96. The number of piperidine rings is 1. The molecule has 23 heavy (non-hydrogen) atoms. The molecular weight excluding hydrogens is 330 g/mol. The molecular formula is C17H20ClN3OS. The number of hydrogen-bond donors (Lipinski definition) is 2. The van der Waals surface area contributed by atoms with Crippen LogP contribution in [0.3, 0.4) is 0 Å². The molecule has 1 aromatic heterocycles. The molecule has 0 radical (unpaired) electrons. The average Bonchev–Trinajstić information content (AvgIpc) is 3.06. The lowest BCUT2D eigenvalue weighted by Gasteiger charge is -2.22. The van der Waals surface area contributed by atoms with Crippen molar-refractivity contribution in [1.82, 2.24) is 15.6 Å². The van der Waals surface area contributed by atoms with E-state index in [-0.39, 0.29) is 5.91 Å². The molecule has 2 N–H and O–H groups in total. The van der Waals surface area contributed by atoms with E-state index in [1.807, 2.05) is 24.3 Å². The van der Waals surface area contributed by atoms with Crippen LogP contribution in [0.4, 0.5) is 0 Å². The molecule has 4 nitrogen and oxygen atoms in total. The maximum Gasteiger partial charge on any atom is 0.270 e. The summed E-state index contributed by atoms with van der Waals surface area (Å²) in [6, 6.07) is 7.49. The maximum absolute atomic E-state index is 12.2. The van der Waals surface area contributed by atoms with E-state index >= 15 is 0 Å². The topological polar surface area (TPSA) is 54.0 Å². The molecule has 1 saturated heterocycles. The van der Waals surface area contributed by atoms with Gasteiger partial charge in [-0.2, -0.15) is 0 Å². The third kappa shape index (κ3) is 4.53. The van der Waals surface area contributed by atoms with Gasteiger partial charge in [0, 0.05) is 22.5 Å². The molecule has 1 amide bonds. The van der Waals surface area contributed by atoms with Gasteiger partial charge in [0.1, 0.15) is 10.7 Å². The standard InChI is InChI=1S/C17H20ClN3OS/c18-14-5-3-13(4-6-14)17-21-15(11-23-17)16(22)20-9-7-12-2-1-8-19-10-12/h3-6,11-12,19H,1-2,7-10H2,(H,20,22). The predicted molar refractivity (Wildman–Crippen MR) is 95.1 cm³/mol. The molecule has 3 rings (SSSR count). The summed E-state index contributed by atoms with van der Waals surface area (Å²) in [5.74, 6) is 0.578. The fourth-order valence-corrected chi connectivity index (χ4v) is 3.69. The van der Waals surface area contributed by atoms with Crippen LogP contribution in [-0.2, 0) is 0 Å². The smallest absolute Gasteiger partial charge is 0.270 e. The highest BCUT2D eigenvalue weighted by Crippen LogP contribution is 2.25. The number of aromatic nitrogens is 1. The second-order valence-corrected chi connectivity index (χ2v) is 7.10. The highest BCUT2D eigenvalue weighted by Gasteiger charge is 2.15. The summed E-state index contributed by atoms with van der Waals surface area (Å²) in [4.78, 5) is 16.6. The van der Waals surface area contributed by atoms with Gasteiger partial charge in [0.15, 0.2) is 0 Å². The fourth-order valence-electron chi connectivity index (χ4n) is 2.75. The lowest BCUT2D eigenvalue weighted by molar-refractivity contribution is 0.0946. The van der Waals surface area contributed by atoms with Crippen molar-refractivity contribution in [2.45, 2.75) is 19.3 Å². The number of rotatable bonds is 5. The quantitative estimate of drug-likeness (QED) is 0.867. The Labute approximate surface area is 145 Å². The van der Waals surface area contributed by atoms with Gasteiger partial charge in [-0.25, -0.2) is 4.98 Å². The molecule has 1 unspecified atom stereocenters. The molecule has 0 spiro atoms. The van der Waals surface area contributed by atoms with Crippen LogP contribution in [0.2, 0.25) is 5.02 Å². The molecule has 0 saturated carbocycles. The lowest BCUT2D eigenvalue weighted by Crippen LogP contribution is -2.33. The van der Waals surface area contributed by atoms with Crippen LogP contribution in [0.25, 0.3) is 10.6 Å². The van der Waals surface area contributed by atoms with E-state index in [1.165, 1.54) is 24.2 Å². The monoisotopic (exact) mass is 349 g/mol. The number of thiazole rings is 1. The number of carbonyl (C=O) groups is 1. The Kier molecular flexibility index (Phi) is 5.65. The van der Waals surface area contributed by atoms with Gasteiger partial charge in [-0.15, -0.1) is 11.3 Å². The molecule has 6 heteroatoms. The van der Waals surface area contributed by atoms with Crippen LogP contribution in [0.15, 0.2) is 29.6 Å². The first-order chi connectivity index (χ1) is 11.2. The first-order valence-electron chi connectivity index (χ1n) is 7.93. The van der Waals surface area contributed by atoms with Crippen molar-refractivity contribution in [2.75, 3.05) is 19.6 Å². The van der Waals surface area contributed by atoms with Gasteiger partial charge in [0.2, 0.25) is 0 Å². The van der Waals surface area contributed by atoms with Gasteiger partial charge in [-0.1, -0.05) is 23.7 Å². The highest BCUT2D eigenvalue weighted by atomic mass is 35.5. The second-order valence-electron chi connectivity index (χ2n) is 5.80. The van der Waals surface area contributed by atoms with E-state index in [4.69, 9.17) is 11.6 Å². The summed E-state index contributed by atoms with van der Waals surface area (Å²) in [6.07, 6.45) is 3.50. The summed E-state index contributed by atoms with van der Waals surface area (Å²) < 4.78 is 0. The van der Waals surface area contributed by atoms with Crippen LogP contribution in [0.5, 0.6) is 0 Å².